The van der Waals surface area contributed by atoms with Crippen LogP contribution in [0.3, 0.4) is 0 Å². The van der Waals surface area contributed by atoms with Gasteiger partial charge in [-0.3, -0.25) is 25.0 Å². The number of hydrogen-bond donors (Lipinski definition) is 0. The van der Waals surface area contributed by atoms with Crippen molar-refractivity contribution >= 4 is 39.0 Å². The summed E-state index contributed by atoms with van der Waals surface area (Å²) in [7, 11) is -4.52. The van der Waals surface area contributed by atoms with Crippen LogP contribution in [0, 0.1) is 20.2 Å². The molecule has 0 N–H and O–H groups in total. The van der Waals surface area contributed by atoms with Gasteiger partial charge in [0.15, 0.2) is 0 Å². The van der Waals surface area contributed by atoms with E-state index in [-0.39, 0.29) is 38.8 Å². The maximum Gasteiger partial charge on any atom is 0.343 e. The van der Waals surface area contributed by atoms with E-state index in [1.54, 1.807) is 6.92 Å². The van der Waals surface area contributed by atoms with E-state index in [0.717, 1.165) is 36.4 Å². The van der Waals surface area contributed by atoms with Gasteiger partial charge in [-0.1, -0.05) is 0 Å². The van der Waals surface area contributed by atoms with Crippen LogP contribution in [0.5, 0.6) is 11.5 Å². The number of hydrogen-bond acceptors (Lipinski definition) is 10. The number of esters is 1. The van der Waals surface area contributed by atoms with Crippen molar-refractivity contribution in [1.29, 1.82) is 0 Å². The summed E-state index contributed by atoms with van der Waals surface area (Å²) in [5.41, 5.74) is -0.696. The molecule has 0 heterocycles. The minimum Gasteiger partial charge on any atom is -0.494 e. The zero-order chi connectivity index (χ0) is 30.4. The molecule has 0 bridgehead atoms. The molecule has 0 atom stereocenters. The molecule has 0 fully saturated rings. The van der Waals surface area contributed by atoms with Crippen molar-refractivity contribution in [2.75, 3.05) is 10.9 Å². The Kier molecular flexibility index (Phi) is 8.57. The van der Waals surface area contributed by atoms with Crippen molar-refractivity contribution in [3.8, 4) is 11.5 Å². The van der Waals surface area contributed by atoms with Crippen LogP contribution in [0.1, 0.15) is 27.6 Å². The van der Waals surface area contributed by atoms with Crippen LogP contribution in [0.25, 0.3) is 0 Å². The molecule has 0 unspecified atom stereocenters. The van der Waals surface area contributed by atoms with Crippen molar-refractivity contribution in [2.24, 2.45) is 0 Å². The molecule has 0 aromatic heterocycles. The summed E-state index contributed by atoms with van der Waals surface area (Å²) in [5, 5.41) is 21.9. The quantitative estimate of drug-likeness (QED) is 0.104. The molecular formula is C28H21N3O10S. The van der Waals surface area contributed by atoms with Gasteiger partial charge in [-0.05, 0) is 79.7 Å². The van der Waals surface area contributed by atoms with Gasteiger partial charge in [-0.15, -0.1) is 0 Å². The molecule has 0 aliphatic rings. The Balaban J connectivity index is 1.67. The number of nitrogens with zero attached hydrogens (tertiary/aromatic N) is 3. The molecule has 0 saturated heterocycles. The average Bonchev–Trinajstić information content (AvgIpc) is 2.98. The smallest absolute Gasteiger partial charge is 0.343 e. The lowest BCUT2D eigenvalue weighted by molar-refractivity contribution is -0.385. The Morgan fingerprint density at radius 1 is 0.714 bits per heavy atom. The number of anilines is 1. The van der Waals surface area contributed by atoms with Crippen LogP contribution in [0.4, 0.5) is 17.1 Å². The molecule has 0 spiro atoms. The molecule has 214 valence electrons. The second kappa shape index (κ2) is 12.3. The van der Waals surface area contributed by atoms with Crippen LogP contribution >= 0.6 is 0 Å². The maximum absolute atomic E-state index is 13.7. The lowest BCUT2D eigenvalue weighted by Gasteiger charge is -2.23. The first-order valence-corrected chi connectivity index (χ1v) is 13.6. The summed E-state index contributed by atoms with van der Waals surface area (Å²) in [4.78, 5) is 46.4. The van der Waals surface area contributed by atoms with Crippen molar-refractivity contribution < 1.29 is 37.3 Å². The number of nitro groups is 2. The third-order valence-corrected chi connectivity index (χ3v) is 7.50. The number of carbonyl (C=O) groups excluding carboxylic acids is 2. The fourth-order valence-electron chi connectivity index (χ4n) is 3.72. The molecule has 1 amide bonds. The monoisotopic (exact) mass is 591 g/mol. The van der Waals surface area contributed by atoms with E-state index in [1.807, 2.05) is 0 Å². The Morgan fingerprint density at radius 2 is 1.19 bits per heavy atom. The van der Waals surface area contributed by atoms with Gasteiger partial charge in [0, 0.05) is 29.8 Å². The Hall–Kier alpha value is -5.63. The number of rotatable bonds is 10. The number of benzene rings is 4. The molecular weight excluding hydrogens is 570 g/mol. The lowest BCUT2D eigenvalue weighted by atomic mass is 10.2. The molecule has 0 aliphatic carbocycles. The highest BCUT2D eigenvalue weighted by atomic mass is 32.2. The van der Waals surface area contributed by atoms with Gasteiger partial charge >= 0.3 is 5.97 Å². The fraction of sp³-hybridized carbons (Fsp3) is 0.0714. The number of ether oxygens (including phenoxy) is 2. The van der Waals surface area contributed by atoms with Gasteiger partial charge in [0.05, 0.1) is 32.6 Å². The number of sulfonamides is 1. The van der Waals surface area contributed by atoms with E-state index in [4.69, 9.17) is 9.47 Å². The van der Waals surface area contributed by atoms with Crippen LogP contribution in [-0.2, 0) is 10.0 Å². The summed E-state index contributed by atoms with van der Waals surface area (Å²) < 4.78 is 38.6. The zero-order valence-corrected chi connectivity index (χ0v) is 22.6. The van der Waals surface area contributed by atoms with Crippen molar-refractivity contribution in [3.63, 3.8) is 0 Å². The lowest BCUT2D eigenvalue weighted by Crippen LogP contribution is -2.37. The third-order valence-electron chi connectivity index (χ3n) is 5.78. The molecule has 42 heavy (non-hydrogen) atoms. The summed E-state index contributed by atoms with van der Waals surface area (Å²) >= 11 is 0. The van der Waals surface area contributed by atoms with E-state index in [0.29, 0.717) is 16.7 Å². The normalized spacial score (nSPS) is 10.9. The minimum absolute atomic E-state index is 0.00306. The topological polar surface area (TPSA) is 176 Å². The number of nitro benzene ring substituents is 2. The Labute approximate surface area is 238 Å². The average molecular weight is 592 g/mol. The Bertz CT molecular complexity index is 1740. The fourth-order valence-corrected chi connectivity index (χ4v) is 5.14. The molecule has 0 radical (unpaired) electrons. The molecule has 4 rings (SSSR count). The van der Waals surface area contributed by atoms with E-state index >= 15 is 0 Å². The van der Waals surface area contributed by atoms with Gasteiger partial charge in [0.1, 0.15) is 11.5 Å². The van der Waals surface area contributed by atoms with Gasteiger partial charge in [0.2, 0.25) is 0 Å². The highest BCUT2D eigenvalue weighted by Crippen LogP contribution is 2.29. The van der Waals surface area contributed by atoms with Crippen LogP contribution < -0.4 is 13.8 Å². The second-order valence-electron chi connectivity index (χ2n) is 8.47. The van der Waals surface area contributed by atoms with E-state index in [2.05, 4.69) is 0 Å². The maximum atomic E-state index is 13.7. The molecule has 4 aromatic carbocycles. The van der Waals surface area contributed by atoms with E-state index < -0.39 is 31.7 Å². The summed E-state index contributed by atoms with van der Waals surface area (Å²) in [5.74, 6) is -1.39. The van der Waals surface area contributed by atoms with E-state index in [1.165, 1.54) is 60.7 Å². The van der Waals surface area contributed by atoms with Crippen LogP contribution in [0.15, 0.2) is 102 Å². The first kappa shape index (κ1) is 29.4. The number of non-ortho nitro benzene ring substituents is 2. The van der Waals surface area contributed by atoms with Crippen LogP contribution in [-0.4, -0.2) is 36.7 Å². The second-order valence-corrected chi connectivity index (χ2v) is 10.3. The summed E-state index contributed by atoms with van der Waals surface area (Å²) in [6, 6.07) is 19.6. The van der Waals surface area contributed by atoms with E-state index in [9.17, 15) is 38.2 Å². The largest absolute Gasteiger partial charge is 0.494 e. The first-order valence-electron chi connectivity index (χ1n) is 12.1. The van der Waals surface area contributed by atoms with Gasteiger partial charge < -0.3 is 9.47 Å². The first-order chi connectivity index (χ1) is 20.0. The molecule has 0 aliphatic heterocycles. The summed E-state index contributed by atoms with van der Waals surface area (Å²) in [6.45, 7) is 2.13. The predicted molar refractivity (Wildman–Crippen MR) is 149 cm³/mol. The molecule has 14 heteroatoms. The van der Waals surface area contributed by atoms with Gasteiger partial charge in [0.25, 0.3) is 27.3 Å². The third kappa shape index (κ3) is 6.39. The van der Waals surface area contributed by atoms with Crippen molar-refractivity contribution in [2.45, 2.75) is 11.8 Å². The molecule has 0 saturated carbocycles. The summed E-state index contributed by atoms with van der Waals surface area (Å²) in [6.07, 6.45) is 0. The highest BCUT2D eigenvalue weighted by Gasteiger charge is 2.32. The standard InChI is InChI=1S/C28H21N3O10S/c1-2-40-24-15-17-26(18-16-24)42(38,39)29(27(32)19-3-7-22(8-4-19)30(34)35)21-11-13-25(14-12-21)41-28(33)20-5-9-23(10-6-20)31(36)37/h3-18H,2H2,1H3. The predicted octanol–water partition coefficient (Wildman–Crippen LogP) is 5.16. The van der Waals surface area contributed by atoms with Crippen LogP contribution in [0.2, 0.25) is 0 Å². The number of amides is 1. The van der Waals surface area contributed by atoms with Gasteiger partial charge in [-0.2, -0.15) is 4.31 Å². The highest BCUT2D eigenvalue weighted by molar-refractivity contribution is 7.93. The molecule has 13 nitrogen and oxygen atoms in total. The molecule has 4 aromatic rings. The SMILES string of the molecule is CCOc1ccc(S(=O)(=O)N(C(=O)c2ccc([N+](=O)[O-])cc2)c2ccc(OC(=O)c3ccc([N+](=O)[O-])cc3)cc2)cc1. The Morgan fingerprint density at radius 3 is 1.67 bits per heavy atom. The van der Waals surface area contributed by atoms with Gasteiger partial charge in [-0.25, -0.2) is 13.2 Å². The van der Waals surface area contributed by atoms with Crippen molar-refractivity contribution in [1.82, 2.24) is 0 Å². The van der Waals surface area contributed by atoms with Crippen molar-refractivity contribution in [3.05, 3.63) is 128 Å². The number of carbonyl (C=O) groups is 2. The minimum atomic E-state index is -4.52. The zero-order valence-electron chi connectivity index (χ0n) is 21.8.